The molecule has 0 radical (unpaired) electrons. The zero-order valence-corrected chi connectivity index (χ0v) is 15.2. The Morgan fingerprint density at radius 2 is 2.04 bits per heavy atom. The molecule has 2 aromatic heterocycles. The SMILES string of the molecule is CC(Cl)c1nc2cccnc2n1C1CCCN(Cc2ccccc2)C1. The zero-order chi connectivity index (χ0) is 17.2. The second kappa shape index (κ2) is 7.14. The fraction of sp³-hybridized carbons (Fsp3) is 0.400. The van der Waals surface area contributed by atoms with Crippen LogP contribution in [0, 0.1) is 0 Å². The first-order valence-corrected chi connectivity index (χ1v) is 9.39. The van der Waals surface area contributed by atoms with Gasteiger partial charge in [-0.15, -0.1) is 11.6 Å². The topological polar surface area (TPSA) is 34.0 Å². The quantitative estimate of drug-likeness (QED) is 0.644. The van der Waals surface area contributed by atoms with Crippen molar-refractivity contribution in [2.45, 2.75) is 37.7 Å². The van der Waals surface area contributed by atoms with Gasteiger partial charge in [0.05, 0.1) is 5.38 Å². The number of rotatable bonds is 4. The van der Waals surface area contributed by atoms with Crippen LogP contribution < -0.4 is 0 Å². The normalized spacial score (nSPS) is 20.0. The highest BCUT2D eigenvalue weighted by Crippen LogP contribution is 2.31. The minimum Gasteiger partial charge on any atom is -0.307 e. The van der Waals surface area contributed by atoms with E-state index >= 15 is 0 Å². The third-order valence-corrected chi connectivity index (χ3v) is 5.12. The first-order chi connectivity index (χ1) is 12.2. The summed E-state index contributed by atoms with van der Waals surface area (Å²) >= 11 is 6.44. The molecule has 3 aromatic rings. The number of hydrogen-bond acceptors (Lipinski definition) is 3. The number of imidazole rings is 1. The van der Waals surface area contributed by atoms with Crippen LogP contribution in [0.15, 0.2) is 48.7 Å². The first-order valence-electron chi connectivity index (χ1n) is 8.95. The molecule has 1 aliphatic rings. The van der Waals surface area contributed by atoms with Gasteiger partial charge >= 0.3 is 0 Å². The zero-order valence-electron chi connectivity index (χ0n) is 14.5. The van der Waals surface area contributed by atoms with E-state index in [1.54, 1.807) is 0 Å². The molecule has 3 heterocycles. The summed E-state index contributed by atoms with van der Waals surface area (Å²) < 4.78 is 2.28. The van der Waals surface area contributed by atoms with Crippen LogP contribution in [0.5, 0.6) is 0 Å². The van der Waals surface area contributed by atoms with Crippen molar-refractivity contribution in [1.82, 2.24) is 19.4 Å². The lowest BCUT2D eigenvalue weighted by Crippen LogP contribution is -2.36. The van der Waals surface area contributed by atoms with E-state index in [-0.39, 0.29) is 5.38 Å². The number of piperidine rings is 1. The molecule has 0 spiro atoms. The highest BCUT2D eigenvalue weighted by Gasteiger charge is 2.27. The molecule has 1 aromatic carbocycles. The fourth-order valence-corrected chi connectivity index (χ4v) is 3.97. The third kappa shape index (κ3) is 3.42. The fourth-order valence-electron chi connectivity index (χ4n) is 3.81. The van der Waals surface area contributed by atoms with Gasteiger partial charge in [-0.2, -0.15) is 0 Å². The van der Waals surface area contributed by atoms with Crippen LogP contribution in [-0.2, 0) is 6.54 Å². The number of nitrogens with zero attached hydrogens (tertiary/aromatic N) is 4. The van der Waals surface area contributed by atoms with Gasteiger partial charge in [-0.1, -0.05) is 30.3 Å². The summed E-state index contributed by atoms with van der Waals surface area (Å²) in [5.74, 6) is 0.932. The summed E-state index contributed by atoms with van der Waals surface area (Å²) in [6.07, 6.45) is 4.16. The lowest BCUT2D eigenvalue weighted by Gasteiger charge is -2.34. The molecule has 0 N–H and O–H groups in total. The number of benzene rings is 1. The van der Waals surface area contributed by atoms with E-state index in [1.165, 1.54) is 12.0 Å². The summed E-state index contributed by atoms with van der Waals surface area (Å²) in [6.45, 7) is 5.12. The Kier molecular flexibility index (Phi) is 4.73. The Hall–Kier alpha value is -1.91. The molecule has 1 saturated heterocycles. The van der Waals surface area contributed by atoms with E-state index in [1.807, 2.05) is 25.3 Å². The molecule has 1 fully saturated rings. The van der Waals surface area contributed by atoms with Gasteiger partial charge in [-0.3, -0.25) is 4.90 Å². The van der Waals surface area contributed by atoms with E-state index in [9.17, 15) is 0 Å². The van der Waals surface area contributed by atoms with E-state index in [0.29, 0.717) is 6.04 Å². The van der Waals surface area contributed by atoms with Gasteiger partial charge in [0.2, 0.25) is 0 Å². The summed E-state index contributed by atoms with van der Waals surface area (Å²) in [5.41, 5.74) is 3.25. The second-order valence-corrected chi connectivity index (χ2v) is 7.47. The largest absolute Gasteiger partial charge is 0.307 e. The Labute approximate surface area is 153 Å². The number of likely N-dealkylation sites (tertiary alicyclic amines) is 1. The van der Waals surface area contributed by atoms with E-state index in [2.05, 4.69) is 44.8 Å². The van der Waals surface area contributed by atoms with Crippen LogP contribution in [0.4, 0.5) is 0 Å². The Bertz CT molecular complexity index is 843. The van der Waals surface area contributed by atoms with Gasteiger partial charge in [-0.25, -0.2) is 9.97 Å². The van der Waals surface area contributed by atoms with E-state index in [0.717, 1.165) is 43.0 Å². The Morgan fingerprint density at radius 1 is 1.20 bits per heavy atom. The molecule has 0 saturated carbocycles. The van der Waals surface area contributed by atoms with Crippen LogP contribution >= 0.6 is 11.6 Å². The molecule has 0 bridgehead atoms. The average Bonchev–Trinajstić information content (AvgIpc) is 3.03. The van der Waals surface area contributed by atoms with Gasteiger partial charge < -0.3 is 4.57 Å². The monoisotopic (exact) mass is 354 g/mol. The van der Waals surface area contributed by atoms with Crippen molar-refractivity contribution in [2.75, 3.05) is 13.1 Å². The average molecular weight is 355 g/mol. The van der Waals surface area contributed by atoms with Gasteiger partial charge in [0.25, 0.3) is 0 Å². The minimum absolute atomic E-state index is 0.126. The number of fused-ring (bicyclic) bond motifs is 1. The molecule has 2 unspecified atom stereocenters. The second-order valence-electron chi connectivity index (χ2n) is 6.82. The van der Waals surface area contributed by atoms with Crippen molar-refractivity contribution in [3.8, 4) is 0 Å². The lowest BCUT2D eigenvalue weighted by atomic mass is 10.0. The summed E-state index contributed by atoms with van der Waals surface area (Å²) in [5, 5.41) is -0.126. The van der Waals surface area contributed by atoms with Crippen LogP contribution in [0.25, 0.3) is 11.2 Å². The van der Waals surface area contributed by atoms with Crippen LogP contribution in [-0.4, -0.2) is 32.5 Å². The number of pyridine rings is 1. The summed E-state index contributed by atoms with van der Waals surface area (Å²) in [6, 6.07) is 15.0. The third-order valence-electron chi connectivity index (χ3n) is 4.93. The number of hydrogen-bond donors (Lipinski definition) is 0. The van der Waals surface area contributed by atoms with Crippen molar-refractivity contribution in [3.63, 3.8) is 0 Å². The molecular formula is C20H23ClN4. The molecule has 5 heteroatoms. The number of alkyl halides is 1. The van der Waals surface area contributed by atoms with Crippen molar-refractivity contribution in [3.05, 3.63) is 60.0 Å². The smallest absolute Gasteiger partial charge is 0.160 e. The predicted octanol–water partition coefficient (Wildman–Crippen LogP) is 4.57. The highest BCUT2D eigenvalue weighted by atomic mass is 35.5. The maximum absolute atomic E-state index is 6.44. The highest BCUT2D eigenvalue weighted by molar-refractivity contribution is 6.20. The Balaban J connectivity index is 1.63. The maximum atomic E-state index is 6.44. The first kappa shape index (κ1) is 16.6. The Morgan fingerprint density at radius 3 is 2.84 bits per heavy atom. The molecule has 4 nitrogen and oxygen atoms in total. The standard InChI is InChI=1S/C20H23ClN4/c1-15(21)19-23-18-10-5-11-22-20(18)25(19)17-9-6-12-24(14-17)13-16-7-3-2-4-8-16/h2-5,7-8,10-11,15,17H,6,9,12-14H2,1H3. The molecule has 4 rings (SSSR count). The molecule has 130 valence electrons. The summed E-state index contributed by atoms with van der Waals surface area (Å²) in [7, 11) is 0. The van der Waals surface area contributed by atoms with Crippen molar-refractivity contribution in [2.24, 2.45) is 0 Å². The van der Waals surface area contributed by atoms with Crippen molar-refractivity contribution < 1.29 is 0 Å². The van der Waals surface area contributed by atoms with Crippen LogP contribution in [0.2, 0.25) is 0 Å². The molecule has 2 atom stereocenters. The van der Waals surface area contributed by atoms with E-state index < -0.39 is 0 Å². The molecule has 25 heavy (non-hydrogen) atoms. The maximum Gasteiger partial charge on any atom is 0.160 e. The molecule has 0 amide bonds. The summed E-state index contributed by atoms with van der Waals surface area (Å²) in [4.78, 5) is 11.9. The molecule has 1 aliphatic heterocycles. The predicted molar refractivity (Wildman–Crippen MR) is 102 cm³/mol. The number of halogens is 1. The van der Waals surface area contributed by atoms with Crippen LogP contribution in [0.3, 0.4) is 0 Å². The van der Waals surface area contributed by atoms with Crippen LogP contribution in [0.1, 0.15) is 42.6 Å². The van der Waals surface area contributed by atoms with Crippen molar-refractivity contribution >= 4 is 22.8 Å². The molecule has 0 aliphatic carbocycles. The van der Waals surface area contributed by atoms with E-state index in [4.69, 9.17) is 16.6 Å². The van der Waals surface area contributed by atoms with Crippen molar-refractivity contribution in [1.29, 1.82) is 0 Å². The lowest BCUT2D eigenvalue weighted by molar-refractivity contribution is 0.170. The van der Waals surface area contributed by atoms with Gasteiger partial charge in [0, 0.05) is 25.3 Å². The number of aromatic nitrogens is 3. The van der Waals surface area contributed by atoms with Gasteiger partial charge in [-0.05, 0) is 44.0 Å². The molecular weight excluding hydrogens is 332 g/mol. The minimum atomic E-state index is -0.126. The van der Waals surface area contributed by atoms with Gasteiger partial charge in [0.1, 0.15) is 11.3 Å². The van der Waals surface area contributed by atoms with Gasteiger partial charge in [0.15, 0.2) is 5.65 Å².